The second-order valence-corrected chi connectivity index (χ2v) is 6.33. The van der Waals surface area contributed by atoms with E-state index in [1.165, 1.54) is 12.1 Å². The van der Waals surface area contributed by atoms with Gasteiger partial charge in [0, 0.05) is 18.2 Å². The van der Waals surface area contributed by atoms with Crippen LogP contribution >= 0.6 is 0 Å². The van der Waals surface area contributed by atoms with Crippen LogP contribution in [0.1, 0.15) is 48.7 Å². The van der Waals surface area contributed by atoms with Gasteiger partial charge in [0.05, 0.1) is 11.6 Å². The Kier molecular flexibility index (Phi) is 5.32. The first-order valence-corrected chi connectivity index (χ1v) is 8.64. The average molecular weight is 356 g/mol. The Morgan fingerprint density at radius 1 is 1.23 bits per heavy atom. The molecular formula is C20H21FN2O3. The number of nitrogens with one attached hydrogen (secondary N) is 1. The van der Waals surface area contributed by atoms with Gasteiger partial charge in [-0.3, -0.25) is 4.79 Å². The van der Waals surface area contributed by atoms with Crippen LogP contribution in [0.2, 0.25) is 0 Å². The van der Waals surface area contributed by atoms with E-state index < -0.39 is 17.8 Å². The molecule has 0 fully saturated rings. The first-order valence-electron chi connectivity index (χ1n) is 8.64. The Bertz CT molecular complexity index is 810. The maximum atomic E-state index is 13.8. The van der Waals surface area contributed by atoms with E-state index in [2.05, 4.69) is 5.48 Å². The van der Waals surface area contributed by atoms with Crippen LogP contribution in [0.25, 0.3) is 0 Å². The smallest absolute Gasteiger partial charge is 0.356 e. The number of halogens is 1. The second kappa shape index (κ2) is 7.66. The predicted molar refractivity (Wildman–Crippen MR) is 96.0 cm³/mol. The summed E-state index contributed by atoms with van der Waals surface area (Å²) in [6.07, 6.45) is 0.868. The molecule has 0 saturated heterocycles. The average Bonchev–Trinajstić information content (AvgIpc) is 2.66. The molecule has 3 rings (SSSR count). The molecule has 0 spiro atoms. The largest absolute Gasteiger partial charge is 0.366 e. The molecule has 2 unspecified atom stereocenters. The van der Waals surface area contributed by atoms with Gasteiger partial charge < -0.3 is 9.74 Å². The van der Waals surface area contributed by atoms with Crippen molar-refractivity contribution in [2.24, 2.45) is 0 Å². The number of carbonyl (C=O) groups is 2. The molecule has 0 bridgehead atoms. The van der Waals surface area contributed by atoms with E-state index in [0.29, 0.717) is 29.7 Å². The number of nitrogens with zero attached hydrogens (tertiary/aromatic N) is 1. The van der Waals surface area contributed by atoms with Crippen molar-refractivity contribution < 1.29 is 18.8 Å². The van der Waals surface area contributed by atoms with Gasteiger partial charge in [-0.25, -0.2) is 9.18 Å². The molecule has 1 aliphatic rings. The van der Waals surface area contributed by atoms with E-state index in [1.54, 1.807) is 42.2 Å². The van der Waals surface area contributed by atoms with Gasteiger partial charge in [0.2, 0.25) is 5.91 Å². The molecule has 136 valence electrons. The van der Waals surface area contributed by atoms with Gasteiger partial charge in [0.15, 0.2) is 0 Å². The normalized spacial score (nSPS) is 19.0. The van der Waals surface area contributed by atoms with E-state index in [4.69, 9.17) is 4.84 Å². The quantitative estimate of drug-likeness (QED) is 0.848. The lowest BCUT2D eigenvalue weighted by atomic mass is 9.92. The molecule has 1 heterocycles. The number of benzene rings is 2. The Labute approximate surface area is 151 Å². The van der Waals surface area contributed by atoms with E-state index in [-0.39, 0.29) is 11.9 Å². The second-order valence-electron chi connectivity index (χ2n) is 6.33. The van der Waals surface area contributed by atoms with Crippen molar-refractivity contribution in [3.8, 4) is 0 Å². The van der Waals surface area contributed by atoms with Crippen molar-refractivity contribution in [1.29, 1.82) is 0 Å². The minimum Gasteiger partial charge on any atom is -0.366 e. The van der Waals surface area contributed by atoms with Gasteiger partial charge in [-0.2, -0.15) is 0 Å². The fourth-order valence-electron chi connectivity index (χ4n) is 3.25. The molecule has 0 radical (unpaired) electrons. The summed E-state index contributed by atoms with van der Waals surface area (Å²) < 4.78 is 13.8. The summed E-state index contributed by atoms with van der Waals surface area (Å²) in [4.78, 5) is 31.4. The summed E-state index contributed by atoms with van der Waals surface area (Å²) in [5, 5.41) is 0. The number of carbonyl (C=O) groups excluding carboxylic acids is 2. The topological polar surface area (TPSA) is 58.6 Å². The molecular weight excluding hydrogens is 335 g/mol. The number of anilines is 1. The third kappa shape index (κ3) is 3.60. The maximum Gasteiger partial charge on any atom is 0.356 e. The van der Waals surface area contributed by atoms with Crippen LogP contribution in [0.4, 0.5) is 10.1 Å². The summed E-state index contributed by atoms with van der Waals surface area (Å²) in [7, 11) is 0. The highest BCUT2D eigenvalue weighted by molar-refractivity contribution is 5.95. The summed E-state index contributed by atoms with van der Waals surface area (Å²) in [5.74, 6) is -0.934. The lowest BCUT2D eigenvalue weighted by molar-refractivity contribution is -0.119. The summed E-state index contributed by atoms with van der Waals surface area (Å²) >= 11 is 0. The van der Waals surface area contributed by atoms with E-state index >= 15 is 0 Å². The zero-order chi connectivity index (χ0) is 18.7. The lowest BCUT2D eigenvalue weighted by Gasteiger charge is -2.39. The van der Waals surface area contributed by atoms with Crippen molar-refractivity contribution in [1.82, 2.24) is 5.48 Å². The van der Waals surface area contributed by atoms with Gasteiger partial charge >= 0.3 is 5.97 Å². The first-order chi connectivity index (χ1) is 12.5. The van der Waals surface area contributed by atoms with Crippen LogP contribution in [0, 0.1) is 5.82 Å². The fraction of sp³-hybridized carbons (Fsp3) is 0.300. The van der Waals surface area contributed by atoms with Crippen molar-refractivity contribution in [3.05, 3.63) is 65.5 Å². The molecule has 1 aliphatic heterocycles. The third-order valence-electron chi connectivity index (χ3n) is 4.52. The number of rotatable bonds is 4. The van der Waals surface area contributed by atoms with Crippen molar-refractivity contribution in [2.45, 2.75) is 38.8 Å². The van der Waals surface area contributed by atoms with Gasteiger partial charge in [0.25, 0.3) is 0 Å². The predicted octanol–water partition coefficient (Wildman–Crippen LogP) is 3.76. The van der Waals surface area contributed by atoms with E-state index in [0.717, 1.165) is 0 Å². The SMILES string of the molecule is CCC(=O)N1c2ccc(F)cc2C(NOC(=O)c2ccccc2)CC1C. The van der Waals surface area contributed by atoms with Crippen LogP contribution < -0.4 is 10.4 Å². The maximum absolute atomic E-state index is 13.8. The Balaban J connectivity index is 1.83. The molecule has 2 atom stereocenters. The monoisotopic (exact) mass is 356 g/mol. The molecule has 6 heteroatoms. The van der Waals surface area contributed by atoms with Crippen LogP contribution in [-0.2, 0) is 9.63 Å². The molecule has 2 aromatic carbocycles. The molecule has 1 N–H and O–H groups in total. The van der Waals surface area contributed by atoms with Gasteiger partial charge in [0.1, 0.15) is 5.82 Å². The van der Waals surface area contributed by atoms with E-state index in [1.807, 2.05) is 13.0 Å². The molecule has 0 aliphatic carbocycles. The molecule has 5 nitrogen and oxygen atoms in total. The highest BCUT2D eigenvalue weighted by atomic mass is 19.1. The van der Waals surface area contributed by atoms with Crippen molar-refractivity contribution >= 4 is 17.6 Å². The Hall–Kier alpha value is -2.73. The number of amides is 1. The first kappa shape index (κ1) is 18.1. The summed E-state index contributed by atoms with van der Waals surface area (Å²) in [5.41, 5.74) is 4.43. The molecule has 0 saturated carbocycles. The molecule has 2 aromatic rings. The van der Waals surface area contributed by atoms with Gasteiger partial charge in [-0.1, -0.05) is 25.1 Å². The minimum atomic E-state index is -0.511. The van der Waals surface area contributed by atoms with Crippen molar-refractivity contribution in [3.63, 3.8) is 0 Å². The van der Waals surface area contributed by atoms with Crippen LogP contribution in [-0.4, -0.2) is 17.9 Å². The minimum absolute atomic E-state index is 0.0231. The highest BCUT2D eigenvalue weighted by Gasteiger charge is 2.34. The summed E-state index contributed by atoms with van der Waals surface area (Å²) in [6, 6.07) is 12.4. The van der Waals surface area contributed by atoms with Crippen molar-refractivity contribution in [2.75, 3.05) is 4.90 Å². The fourth-order valence-corrected chi connectivity index (χ4v) is 3.25. The summed E-state index contributed by atoms with van der Waals surface area (Å²) in [6.45, 7) is 3.72. The van der Waals surface area contributed by atoms with Gasteiger partial charge in [-0.15, -0.1) is 5.48 Å². The number of hydrogen-bond donors (Lipinski definition) is 1. The number of hydroxylamine groups is 1. The molecule has 1 amide bonds. The lowest BCUT2D eigenvalue weighted by Crippen LogP contribution is -2.45. The van der Waals surface area contributed by atoms with E-state index in [9.17, 15) is 14.0 Å². The standard InChI is InChI=1S/C20H21FN2O3/c1-3-19(24)23-13(2)11-17(16-12-15(21)9-10-18(16)23)22-26-20(25)14-7-5-4-6-8-14/h4-10,12-13,17,22H,3,11H2,1-2H3. The Morgan fingerprint density at radius 3 is 2.65 bits per heavy atom. The van der Waals surface area contributed by atoms with Gasteiger partial charge in [-0.05, 0) is 49.2 Å². The number of hydrogen-bond acceptors (Lipinski definition) is 4. The zero-order valence-corrected chi connectivity index (χ0v) is 14.7. The molecule has 0 aromatic heterocycles. The Morgan fingerprint density at radius 2 is 1.96 bits per heavy atom. The van der Waals surface area contributed by atoms with Crippen LogP contribution in [0.15, 0.2) is 48.5 Å². The van der Waals surface area contributed by atoms with Crippen LogP contribution in [0.3, 0.4) is 0 Å². The highest BCUT2D eigenvalue weighted by Crippen LogP contribution is 2.38. The van der Waals surface area contributed by atoms with Crippen LogP contribution in [0.5, 0.6) is 0 Å². The zero-order valence-electron chi connectivity index (χ0n) is 14.7. The third-order valence-corrected chi connectivity index (χ3v) is 4.52. The molecule has 26 heavy (non-hydrogen) atoms. The number of fused-ring (bicyclic) bond motifs is 1.